The summed E-state index contributed by atoms with van der Waals surface area (Å²) in [4.78, 5) is 0. The number of anilines is 1. The smallest absolute Gasteiger partial charge is 0.471 e. The van der Waals surface area contributed by atoms with Crippen LogP contribution in [0.4, 0.5) is 23.2 Å². The van der Waals surface area contributed by atoms with Crippen molar-refractivity contribution in [2.24, 2.45) is 5.10 Å². The summed E-state index contributed by atoms with van der Waals surface area (Å²) >= 11 is -3.46. The molecule has 1 rings (SSSR count). The van der Waals surface area contributed by atoms with E-state index in [2.05, 4.69) is 9.28 Å². The number of rotatable bonds is 3. The van der Waals surface area contributed by atoms with E-state index in [0.29, 0.717) is 0 Å². The van der Waals surface area contributed by atoms with Crippen LogP contribution in [0.5, 0.6) is 0 Å². The largest absolute Gasteiger partial charge is 0.740 e. The predicted molar refractivity (Wildman–Crippen MR) is 58.2 cm³/mol. The molecule has 0 aromatic heterocycles. The summed E-state index contributed by atoms with van der Waals surface area (Å²) in [6, 6.07) is 4.19. The summed E-state index contributed by atoms with van der Waals surface area (Å²) in [7, 11) is 0. The molecule has 1 aromatic rings. The molecule has 1 unspecified atom stereocenters. The number of hydrogen-bond donors (Lipinski definition) is 1. The van der Waals surface area contributed by atoms with E-state index in [1.807, 2.05) is 5.43 Å². The van der Waals surface area contributed by atoms with Crippen LogP contribution in [-0.2, 0) is 15.5 Å². The number of hydrogen-bond acceptors (Lipinski definition) is 6. The minimum Gasteiger partial charge on any atom is -0.740 e. The molecule has 1 N–H and O–H groups in total. The van der Waals surface area contributed by atoms with Gasteiger partial charge in [-0.25, -0.2) is 8.60 Å². The van der Waals surface area contributed by atoms with Gasteiger partial charge in [0.1, 0.15) is 23.2 Å². The molecule has 108 valence electrons. The third-order valence-electron chi connectivity index (χ3n) is 1.76. The normalized spacial score (nSPS) is 13.5. The average Bonchev–Trinajstić information content (AvgIpc) is 2.34. The van der Waals surface area contributed by atoms with E-state index in [1.165, 1.54) is 6.07 Å². The summed E-state index contributed by atoms with van der Waals surface area (Å²) in [5.41, 5.74) is 1.22. The summed E-state index contributed by atoms with van der Waals surface area (Å²) in [6.45, 7) is 0. The average molecular weight is 310 g/mol. The number of hydrazone groups is 1. The lowest BCUT2D eigenvalue weighted by Gasteiger charge is -2.12. The van der Waals surface area contributed by atoms with Crippen molar-refractivity contribution in [1.29, 1.82) is 5.26 Å². The van der Waals surface area contributed by atoms with Gasteiger partial charge < -0.3 is 8.74 Å². The van der Waals surface area contributed by atoms with Crippen molar-refractivity contribution in [1.82, 2.24) is 0 Å². The van der Waals surface area contributed by atoms with Crippen LogP contribution in [0.15, 0.2) is 23.3 Å². The molecule has 20 heavy (non-hydrogen) atoms. The summed E-state index contributed by atoms with van der Waals surface area (Å²) in [5, 5.41) is 11.2. The fourth-order valence-corrected chi connectivity index (χ4v) is 1.25. The lowest BCUT2D eigenvalue weighted by atomic mass is 10.2. The lowest BCUT2D eigenvalue weighted by molar-refractivity contribution is -0.0708. The standard InChI is InChI=1S/C9H5F4N3O3S/c10-7-2-1-6(3-5(7)4-14)15-16-8(9(11,12)13)19-20(17)18/h1-3,15H,(H,17,18)/p-1/b16-8-. The molecule has 0 fully saturated rings. The Balaban J connectivity index is 2.98. The summed E-state index contributed by atoms with van der Waals surface area (Å²) in [6.07, 6.45) is -5.15. The molecule has 0 amide bonds. The molecule has 0 bridgehead atoms. The Labute approximate surface area is 112 Å². The molecule has 0 aliphatic rings. The van der Waals surface area contributed by atoms with Gasteiger partial charge in [0, 0.05) is 0 Å². The first-order valence-electron chi connectivity index (χ1n) is 4.62. The first-order valence-corrected chi connectivity index (χ1v) is 5.62. The van der Waals surface area contributed by atoms with Crippen LogP contribution in [0.1, 0.15) is 5.56 Å². The lowest BCUT2D eigenvalue weighted by Crippen LogP contribution is -2.27. The SMILES string of the molecule is N#Cc1cc(N/N=C(\OS(=O)[O-])C(F)(F)F)ccc1F. The molecule has 1 atom stereocenters. The van der Waals surface area contributed by atoms with Crippen molar-refractivity contribution in [3.05, 3.63) is 29.6 Å². The van der Waals surface area contributed by atoms with E-state index in [0.717, 1.165) is 18.2 Å². The van der Waals surface area contributed by atoms with Gasteiger partial charge >= 0.3 is 12.1 Å². The Bertz CT molecular complexity index is 597. The monoisotopic (exact) mass is 310 g/mol. The Hall–Kier alpha value is -2.19. The molecule has 0 heterocycles. The molecule has 1 aromatic carbocycles. The molecular formula is C9H4F4N3O3S-. The number of alkyl halides is 3. The van der Waals surface area contributed by atoms with E-state index < -0.39 is 34.8 Å². The van der Waals surface area contributed by atoms with Gasteiger partial charge in [0.05, 0.1) is 11.3 Å². The number of nitrogens with one attached hydrogen (secondary N) is 1. The maximum Gasteiger partial charge on any atom is 0.471 e. The van der Waals surface area contributed by atoms with Gasteiger partial charge in [-0.05, 0) is 18.2 Å². The number of nitriles is 1. The van der Waals surface area contributed by atoms with Crippen molar-refractivity contribution < 1.29 is 30.5 Å². The van der Waals surface area contributed by atoms with Gasteiger partial charge in [-0.1, -0.05) is 0 Å². The van der Waals surface area contributed by atoms with Gasteiger partial charge in [-0.3, -0.25) is 5.43 Å². The van der Waals surface area contributed by atoms with Crippen LogP contribution in [-0.4, -0.2) is 20.8 Å². The van der Waals surface area contributed by atoms with Crippen molar-refractivity contribution >= 4 is 22.9 Å². The highest BCUT2D eigenvalue weighted by molar-refractivity contribution is 7.74. The molecule has 11 heteroatoms. The molecule has 0 spiro atoms. The van der Waals surface area contributed by atoms with Crippen LogP contribution >= 0.6 is 0 Å². The van der Waals surface area contributed by atoms with E-state index in [9.17, 15) is 26.3 Å². The van der Waals surface area contributed by atoms with Crippen LogP contribution in [0.25, 0.3) is 0 Å². The van der Waals surface area contributed by atoms with E-state index in [4.69, 9.17) is 5.26 Å². The highest BCUT2D eigenvalue weighted by atomic mass is 32.2. The van der Waals surface area contributed by atoms with Crippen molar-refractivity contribution in [2.45, 2.75) is 6.18 Å². The van der Waals surface area contributed by atoms with Gasteiger partial charge in [-0.2, -0.15) is 18.4 Å². The summed E-state index contributed by atoms with van der Waals surface area (Å²) in [5.74, 6) is -2.93. The quantitative estimate of drug-likeness (QED) is 0.302. The zero-order valence-corrected chi connectivity index (χ0v) is 10.1. The zero-order valence-electron chi connectivity index (χ0n) is 9.27. The fourth-order valence-electron chi connectivity index (χ4n) is 0.990. The van der Waals surface area contributed by atoms with Crippen LogP contribution < -0.4 is 5.43 Å². The Morgan fingerprint density at radius 1 is 1.50 bits per heavy atom. The van der Waals surface area contributed by atoms with Gasteiger partial charge in [0.25, 0.3) is 0 Å². The number of benzene rings is 1. The number of nitrogens with zero attached hydrogens (tertiary/aromatic N) is 2. The molecule has 0 aliphatic heterocycles. The Kier molecular flexibility index (Phi) is 5.00. The van der Waals surface area contributed by atoms with E-state index >= 15 is 0 Å². The minimum atomic E-state index is -5.15. The first kappa shape index (κ1) is 15.9. The second kappa shape index (κ2) is 6.31. The second-order valence-corrected chi connectivity index (χ2v) is 3.70. The zero-order chi connectivity index (χ0) is 15.3. The first-order chi connectivity index (χ1) is 9.24. The van der Waals surface area contributed by atoms with Crippen LogP contribution in [0, 0.1) is 17.1 Å². The highest BCUT2D eigenvalue weighted by Gasteiger charge is 2.39. The topological polar surface area (TPSA) is 97.5 Å². The second-order valence-electron chi connectivity index (χ2n) is 3.12. The molecule has 0 radical (unpaired) electrons. The van der Waals surface area contributed by atoms with Crippen LogP contribution in [0.2, 0.25) is 0 Å². The predicted octanol–water partition coefficient (Wildman–Crippen LogP) is 1.80. The van der Waals surface area contributed by atoms with Crippen molar-refractivity contribution in [3.63, 3.8) is 0 Å². The van der Waals surface area contributed by atoms with E-state index in [1.54, 1.807) is 0 Å². The van der Waals surface area contributed by atoms with Crippen LogP contribution in [0.3, 0.4) is 0 Å². The van der Waals surface area contributed by atoms with Crippen molar-refractivity contribution in [3.8, 4) is 6.07 Å². The Morgan fingerprint density at radius 2 is 2.15 bits per heavy atom. The van der Waals surface area contributed by atoms with Gasteiger partial charge in [-0.15, -0.1) is 5.10 Å². The Morgan fingerprint density at radius 3 is 2.65 bits per heavy atom. The maximum absolute atomic E-state index is 13.0. The van der Waals surface area contributed by atoms with Crippen molar-refractivity contribution in [2.75, 3.05) is 5.43 Å². The summed E-state index contributed by atoms with van der Waals surface area (Å²) < 4.78 is 73.5. The number of halogens is 4. The van der Waals surface area contributed by atoms with E-state index in [-0.39, 0.29) is 5.69 Å². The molecule has 0 aliphatic carbocycles. The van der Waals surface area contributed by atoms with Gasteiger partial charge in [0.2, 0.25) is 0 Å². The fraction of sp³-hybridized carbons (Fsp3) is 0.111. The highest BCUT2D eigenvalue weighted by Crippen LogP contribution is 2.20. The molecular weight excluding hydrogens is 306 g/mol. The third kappa shape index (κ3) is 4.48. The third-order valence-corrected chi connectivity index (χ3v) is 2.06. The maximum atomic E-state index is 13.0. The molecule has 0 saturated carbocycles. The molecule has 0 saturated heterocycles. The minimum absolute atomic E-state index is 0.162. The van der Waals surface area contributed by atoms with Gasteiger partial charge in [0.15, 0.2) is 0 Å². The molecule has 6 nitrogen and oxygen atoms in total.